The van der Waals surface area contributed by atoms with Crippen LogP contribution < -0.4 is 14.4 Å². The summed E-state index contributed by atoms with van der Waals surface area (Å²) in [5.41, 5.74) is 6.23. The number of aromatic nitrogens is 2. The van der Waals surface area contributed by atoms with Crippen molar-refractivity contribution in [3.8, 4) is 11.5 Å². The van der Waals surface area contributed by atoms with Crippen LogP contribution in [0.3, 0.4) is 0 Å². The summed E-state index contributed by atoms with van der Waals surface area (Å²) in [6.45, 7) is 8.63. The van der Waals surface area contributed by atoms with Crippen LogP contribution in [0.2, 0.25) is 0 Å². The molecular formula is C33H39N5O3. The second kappa shape index (κ2) is 11.8. The highest BCUT2D eigenvalue weighted by molar-refractivity contribution is 6.04. The highest BCUT2D eigenvalue weighted by atomic mass is 16.5. The van der Waals surface area contributed by atoms with Gasteiger partial charge in [0.1, 0.15) is 0 Å². The van der Waals surface area contributed by atoms with Gasteiger partial charge < -0.3 is 28.7 Å². The van der Waals surface area contributed by atoms with E-state index in [0.29, 0.717) is 18.0 Å². The molecule has 1 fully saturated rings. The zero-order valence-corrected chi connectivity index (χ0v) is 24.3. The van der Waals surface area contributed by atoms with E-state index in [1.807, 2.05) is 36.7 Å². The first-order valence-electron chi connectivity index (χ1n) is 14.6. The van der Waals surface area contributed by atoms with Crippen LogP contribution in [0, 0.1) is 0 Å². The first-order chi connectivity index (χ1) is 20.1. The second-order valence-electron chi connectivity index (χ2n) is 10.9. The van der Waals surface area contributed by atoms with Gasteiger partial charge in [0.25, 0.3) is 5.91 Å². The van der Waals surface area contributed by atoms with Crippen LogP contribution in [0.25, 0.3) is 11.0 Å². The summed E-state index contributed by atoms with van der Waals surface area (Å²) >= 11 is 0. The molecule has 4 aromatic rings. The third-order valence-electron chi connectivity index (χ3n) is 8.68. The number of likely N-dealkylation sites (N-methyl/N-ethyl adjacent to an activating group) is 1. The van der Waals surface area contributed by atoms with Crippen LogP contribution in [0.4, 0.5) is 5.69 Å². The lowest BCUT2D eigenvalue weighted by Crippen LogP contribution is -2.46. The number of para-hydroxylation sites is 2. The molecule has 41 heavy (non-hydrogen) atoms. The smallest absolute Gasteiger partial charge is 0.257 e. The minimum Gasteiger partial charge on any atom is -0.493 e. The lowest BCUT2D eigenvalue weighted by Gasteiger charge is -2.36. The van der Waals surface area contributed by atoms with Crippen molar-refractivity contribution in [3.05, 3.63) is 83.7 Å². The van der Waals surface area contributed by atoms with Crippen molar-refractivity contribution in [2.75, 3.05) is 51.8 Å². The maximum atomic E-state index is 14.3. The molecule has 0 unspecified atom stereocenters. The van der Waals surface area contributed by atoms with Gasteiger partial charge in [0.15, 0.2) is 11.5 Å². The maximum Gasteiger partial charge on any atom is 0.257 e. The molecular weight excluding hydrogens is 514 g/mol. The fourth-order valence-corrected chi connectivity index (χ4v) is 6.39. The Morgan fingerprint density at radius 3 is 2.51 bits per heavy atom. The SMILES string of the molecule is CCN1CCN(c2cccc3c2C(=O)N([C@H](CCCn2cnc4ccccc42)c2ccc(OC)c(OC)c2)C3)CC1. The molecule has 3 heterocycles. The topological polar surface area (TPSA) is 63.1 Å². The molecule has 2 aliphatic rings. The minimum atomic E-state index is -0.103. The lowest BCUT2D eigenvalue weighted by molar-refractivity contribution is 0.0688. The third kappa shape index (κ3) is 5.24. The Kier molecular flexibility index (Phi) is 7.83. The normalized spacial score (nSPS) is 16.3. The quantitative estimate of drug-likeness (QED) is 0.263. The van der Waals surface area contributed by atoms with Crippen LogP contribution in [0.15, 0.2) is 67.0 Å². The van der Waals surface area contributed by atoms with Crippen molar-refractivity contribution >= 4 is 22.6 Å². The molecule has 0 saturated carbocycles. The Hall–Kier alpha value is -4.04. The average molecular weight is 554 g/mol. The van der Waals surface area contributed by atoms with Gasteiger partial charge in [0.05, 0.1) is 43.2 Å². The molecule has 1 amide bonds. The Morgan fingerprint density at radius 2 is 1.73 bits per heavy atom. The van der Waals surface area contributed by atoms with Crippen molar-refractivity contribution < 1.29 is 14.3 Å². The number of carbonyl (C=O) groups excluding carboxylic acids is 1. The van der Waals surface area contributed by atoms with E-state index in [4.69, 9.17) is 9.47 Å². The van der Waals surface area contributed by atoms with Crippen LogP contribution in [0.5, 0.6) is 11.5 Å². The fraction of sp³-hybridized carbons (Fsp3) is 0.394. The number of hydrogen-bond acceptors (Lipinski definition) is 6. The van der Waals surface area contributed by atoms with Crippen molar-refractivity contribution in [2.45, 2.75) is 38.9 Å². The number of hydrogen-bond donors (Lipinski definition) is 0. The number of benzene rings is 3. The predicted octanol–water partition coefficient (Wildman–Crippen LogP) is 5.37. The molecule has 0 N–H and O–H groups in total. The average Bonchev–Trinajstić information content (AvgIpc) is 3.59. The molecule has 0 spiro atoms. The Labute approximate surface area is 242 Å². The number of anilines is 1. The number of fused-ring (bicyclic) bond motifs is 2. The predicted molar refractivity (Wildman–Crippen MR) is 162 cm³/mol. The Balaban J connectivity index is 1.28. The van der Waals surface area contributed by atoms with E-state index >= 15 is 0 Å². The number of ether oxygens (including phenoxy) is 2. The number of aryl methyl sites for hydroxylation is 1. The van der Waals surface area contributed by atoms with E-state index < -0.39 is 0 Å². The zero-order valence-electron chi connectivity index (χ0n) is 24.3. The molecule has 6 rings (SSSR count). The number of imidazole rings is 1. The monoisotopic (exact) mass is 553 g/mol. The third-order valence-corrected chi connectivity index (χ3v) is 8.68. The van der Waals surface area contributed by atoms with Crippen molar-refractivity contribution in [2.24, 2.45) is 0 Å². The second-order valence-corrected chi connectivity index (χ2v) is 10.9. The van der Waals surface area contributed by atoms with Crippen LogP contribution in [-0.2, 0) is 13.1 Å². The molecule has 214 valence electrons. The summed E-state index contributed by atoms with van der Waals surface area (Å²) < 4.78 is 13.4. The molecule has 8 nitrogen and oxygen atoms in total. The van der Waals surface area contributed by atoms with Gasteiger partial charge in [0.2, 0.25) is 0 Å². The molecule has 1 atom stereocenters. The molecule has 3 aromatic carbocycles. The van der Waals surface area contributed by atoms with Crippen LogP contribution in [-0.4, -0.2) is 72.2 Å². The number of rotatable bonds is 10. The van der Waals surface area contributed by atoms with E-state index in [-0.39, 0.29) is 11.9 Å². The summed E-state index contributed by atoms with van der Waals surface area (Å²) in [6.07, 6.45) is 3.62. The standard InChI is InChI=1S/C33H39N5O3/c1-4-35-17-19-36(20-18-35)29-12-7-9-25-22-38(33(39)32(25)29)27(24-14-15-30(40-2)31(21-24)41-3)13-8-16-37-23-34-26-10-5-6-11-28(26)37/h5-7,9-12,14-15,21,23,27H,4,8,13,16-20,22H2,1-3H3/t27-/m1/s1. The summed E-state index contributed by atoms with van der Waals surface area (Å²) in [7, 11) is 3.30. The highest BCUT2D eigenvalue weighted by Gasteiger charge is 2.36. The Morgan fingerprint density at radius 1 is 0.927 bits per heavy atom. The first-order valence-corrected chi connectivity index (χ1v) is 14.6. The molecule has 0 bridgehead atoms. The minimum absolute atomic E-state index is 0.103. The largest absolute Gasteiger partial charge is 0.493 e. The molecule has 1 saturated heterocycles. The summed E-state index contributed by atoms with van der Waals surface area (Å²) in [5.74, 6) is 1.47. The number of piperazine rings is 1. The van der Waals surface area contributed by atoms with Gasteiger partial charge in [-0.25, -0.2) is 4.98 Å². The molecule has 8 heteroatoms. The number of nitrogens with zero attached hydrogens (tertiary/aromatic N) is 5. The highest BCUT2D eigenvalue weighted by Crippen LogP contribution is 2.40. The first kappa shape index (κ1) is 27.1. The van der Waals surface area contributed by atoms with Crippen molar-refractivity contribution in [3.63, 3.8) is 0 Å². The van der Waals surface area contributed by atoms with Gasteiger partial charge in [-0.1, -0.05) is 37.3 Å². The molecule has 1 aromatic heterocycles. The number of methoxy groups -OCH3 is 2. The van der Waals surface area contributed by atoms with Crippen LogP contribution >= 0.6 is 0 Å². The van der Waals surface area contributed by atoms with Gasteiger partial charge in [0, 0.05) is 45.0 Å². The summed E-state index contributed by atoms with van der Waals surface area (Å²) in [5, 5.41) is 0. The lowest BCUT2D eigenvalue weighted by atomic mass is 9.99. The maximum absolute atomic E-state index is 14.3. The summed E-state index contributed by atoms with van der Waals surface area (Å²) in [4.78, 5) is 25.7. The molecule has 2 aliphatic heterocycles. The van der Waals surface area contributed by atoms with Gasteiger partial charge >= 0.3 is 0 Å². The van der Waals surface area contributed by atoms with E-state index in [1.165, 1.54) is 0 Å². The zero-order chi connectivity index (χ0) is 28.3. The van der Waals surface area contributed by atoms with Gasteiger partial charge in [-0.3, -0.25) is 4.79 Å². The van der Waals surface area contributed by atoms with Crippen molar-refractivity contribution in [1.82, 2.24) is 19.4 Å². The fourth-order valence-electron chi connectivity index (χ4n) is 6.39. The number of amides is 1. The van der Waals surface area contributed by atoms with Crippen LogP contribution in [0.1, 0.15) is 47.3 Å². The van der Waals surface area contributed by atoms with Gasteiger partial charge in [-0.2, -0.15) is 0 Å². The molecule has 0 radical (unpaired) electrons. The van der Waals surface area contributed by atoms with E-state index in [0.717, 1.165) is 85.5 Å². The number of carbonyl (C=O) groups is 1. The van der Waals surface area contributed by atoms with E-state index in [9.17, 15) is 4.79 Å². The molecule has 0 aliphatic carbocycles. The van der Waals surface area contributed by atoms with E-state index in [1.54, 1.807) is 14.2 Å². The van der Waals surface area contributed by atoms with Crippen molar-refractivity contribution in [1.29, 1.82) is 0 Å². The van der Waals surface area contributed by atoms with Gasteiger partial charge in [-0.05, 0) is 60.8 Å². The summed E-state index contributed by atoms with van der Waals surface area (Å²) in [6, 6.07) is 20.5. The van der Waals surface area contributed by atoms with E-state index in [2.05, 4.69) is 61.5 Å². The van der Waals surface area contributed by atoms with Gasteiger partial charge in [-0.15, -0.1) is 0 Å². The Bertz CT molecular complexity index is 1520.